The van der Waals surface area contributed by atoms with E-state index in [1.54, 1.807) is 0 Å². The lowest BCUT2D eigenvalue weighted by Crippen LogP contribution is -2.26. The molecule has 24 heavy (non-hydrogen) atoms. The van der Waals surface area contributed by atoms with Gasteiger partial charge in [0, 0.05) is 23.9 Å². The second-order valence-electron chi connectivity index (χ2n) is 7.81. The van der Waals surface area contributed by atoms with E-state index in [4.69, 9.17) is 0 Å². The lowest BCUT2D eigenvalue weighted by atomic mass is 9.82. The number of fused-ring (bicyclic) bond motifs is 1. The van der Waals surface area contributed by atoms with Gasteiger partial charge in [0.2, 0.25) is 0 Å². The second-order valence-corrected chi connectivity index (χ2v) is 9.33. The summed E-state index contributed by atoms with van der Waals surface area (Å²) in [5.74, 6) is 1.76. The highest BCUT2D eigenvalue weighted by molar-refractivity contribution is 7.58. The lowest BCUT2D eigenvalue weighted by molar-refractivity contribution is -0.125. The summed E-state index contributed by atoms with van der Waals surface area (Å²) in [6.45, 7) is 8.21. The van der Waals surface area contributed by atoms with E-state index in [9.17, 15) is 9.59 Å². The van der Waals surface area contributed by atoms with Crippen LogP contribution < -0.4 is 0 Å². The first-order chi connectivity index (χ1) is 11.6. The summed E-state index contributed by atoms with van der Waals surface area (Å²) in [5, 5.41) is 0. The van der Waals surface area contributed by atoms with E-state index in [1.807, 2.05) is 6.08 Å². The number of hydrogen-bond acceptors (Lipinski definition) is 2. The molecule has 0 bridgehead atoms. The molecule has 2 fully saturated rings. The Bertz CT molecular complexity index is 445. The number of Topliss-reactive ketones (excluding diaryl/α,β-unsaturated/α-hetero) is 1. The number of rotatable bonds is 7. The fraction of sp³-hybridized carbons (Fsp3) is 0.810. The molecule has 3 heteroatoms. The zero-order valence-corrected chi connectivity index (χ0v) is 16.6. The van der Waals surface area contributed by atoms with Crippen molar-refractivity contribution in [2.24, 2.45) is 23.7 Å². The molecular formula is C21H35O2P. The molecule has 0 heterocycles. The van der Waals surface area contributed by atoms with Crippen molar-refractivity contribution in [2.45, 2.75) is 83.7 Å². The molecule has 2 rings (SSSR count). The van der Waals surface area contributed by atoms with E-state index in [2.05, 4.69) is 20.4 Å². The van der Waals surface area contributed by atoms with Crippen LogP contribution >= 0.6 is 8.58 Å². The maximum absolute atomic E-state index is 12.9. The van der Waals surface area contributed by atoms with Crippen LogP contribution in [0.4, 0.5) is 0 Å². The van der Waals surface area contributed by atoms with Gasteiger partial charge in [-0.25, -0.2) is 0 Å². The third-order valence-corrected chi connectivity index (χ3v) is 7.83. The molecule has 2 aliphatic rings. The molecule has 0 aromatic carbocycles. The minimum atomic E-state index is 0.146. The topological polar surface area (TPSA) is 34.1 Å². The van der Waals surface area contributed by atoms with Gasteiger partial charge in [-0.2, -0.15) is 0 Å². The molecule has 2 saturated carbocycles. The van der Waals surface area contributed by atoms with Gasteiger partial charge in [0.1, 0.15) is 5.78 Å². The van der Waals surface area contributed by atoms with Crippen molar-refractivity contribution in [3.05, 3.63) is 12.7 Å². The highest BCUT2D eigenvalue weighted by Gasteiger charge is 2.41. The average Bonchev–Trinajstić information content (AvgIpc) is 2.98. The summed E-state index contributed by atoms with van der Waals surface area (Å²) in [6, 6.07) is 0. The Morgan fingerprint density at radius 1 is 1.25 bits per heavy atom. The van der Waals surface area contributed by atoms with Gasteiger partial charge in [0.15, 0.2) is 5.52 Å². The fourth-order valence-corrected chi connectivity index (χ4v) is 6.27. The number of allylic oxidation sites excluding steroid dienone is 1. The molecule has 0 aliphatic heterocycles. The van der Waals surface area contributed by atoms with Crippen molar-refractivity contribution >= 4 is 19.9 Å². The Kier molecular flexibility index (Phi) is 8.14. The molecule has 0 aromatic rings. The Morgan fingerprint density at radius 2 is 2.00 bits per heavy atom. The number of ketones is 1. The van der Waals surface area contributed by atoms with Gasteiger partial charge < -0.3 is 0 Å². The van der Waals surface area contributed by atoms with Gasteiger partial charge in [0.05, 0.1) is 0 Å². The Balaban J connectivity index is 2.06. The fourth-order valence-electron chi connectivity index (χ4n) is 4.78. The summed E-state index contributed by atoms with van der Waals surface area (Å²) >= 11 is 0. The third-order valence-electron chi connectivity index (χ3n) is 6.28. The van der Waals surface area contributed by atoms with Crippen molar-refractivity contribution in [1.29, 1.82) is 0 Å². The number of carbonyl (C=O) groups excluding carboxylic acids is 2. The highest BCUT2D eigenvalue weighted by atomic mass is 31.1. The Labute approximate surface area is 150 Å². The van der Waals surface area contributed by atoms with Crippen molar-refractivity contribution in [1.82, 2.24) is 0 Å². The molecule has 6 atom stereocenters. The molecule has 0 amide bonds. The maximum atomic E-state index is 12.9. The van der Waals surface area contributed by atoms with Crippen LogP contribution in [0.2, 0.25) is 0 Å². The van der Waals surface area contributed by atoms with Crippen LogP contribution in [0.3, 0.4) is 0 Å². The Morgan fingerprint density at radius 3 is 2.67 bits per heavy atom. The molecule has 0 radical (unpaired) electrons. The predicted molar refractivity (Wildman–Crippen MR) is 104 cm³/mol. The molecule has 136 valence electrons. The monoisotopic (exact) mass is 350 g/mol. The van der Waals surface area contributed by atoms with Crippen LogP contribution in [0, 0.1) is 23.7 Å². The molecule has 0 aromatic heterocycles. The van der Waals surface area contributed by atoms with Crippen LogP contribution in [0.15, 0.2) is 12.7 Å². The van der Waals surface area contributed by atoms with E-state index >= 15 is 0 Å². The minimum absolute atomic E-state index is 0.146. The van der Waals surface area contributed by atoms with Gasteiger partial charge in [-0.1, -0.05) is 45.6 Å². The van der Waals surface area contributed by atoms with Crippen molar-refractivity contribution < 1.29 is 9.59 Å². The van der Waals surface area contributed by atoms with E-state index < -0.39 is 0 Å². The minimum Gasteiger partial charge on any atom is -0.299 e. The molecule has 2 nitrogen and oxygen atoms in total. The number of carbonyl (C=O) groups is 2. The predicted octanol–water partition coefficient (Wildman–Crippen LogP) is 5.75. The van der Waals surface area contributed by atoms with Crippen LogP contribution in [0.1, 0.15) is 78.1 Å². The van der Waals surface area contributed by atoms with Crippen LogP contribution in [-0.2, 0) is 9.59 Å². The van der Waals surface area contributed by atoms with Crippen LogP contribution in [0.25, 0.3) is 0 Å². The summed E-state index contributed by atoms with van der Waals surface area (Å²) in [4.78, 5) is 25.7. The van der Waals surface area contributed by atoms with Gasteiger partial charge in [-0.15, -0.1) is 6.58 Å². The maximum Gasteiger partial charge on any atom is 0.155 e. The molecule has 2 aliphatic carbocycles. The quantitative estimate of drug-likeness (QED) is 0.433. The van der Waals surface area contributed by atoms with E-state index in [-0.39, 0.29) is 11.8 Å². The largest absolute Gasteiger partial charge is 0.299 e. The summed E-state index contributed by atoms with van der Waals surface area (Å²) in [7, 11) is 0.354. The summed E-state index contributed by atoms with van der Waals surface area (Å²) < 4.78 is 0. The first-order valence-corrected chi connectivity index (χ1v) is 11.1. The van der Waals surface area contributed by atoms with Gasteiger partial charge >= 0.3 is 0 Å². The lowest BCUT2D eigenvalue weighted by Gasteiger charge is -2.25. The van der Waals surface area contributed by atoms with Gasteiger partial charge in [-0.3, -0.25) is 9.59 Å². The SMILES string of the molecule is C=CC(CCC)PC(=O)C1CCC2CCCCC(CC)C(=O)CC21. The Hall–Kier alpha value is -0.490. The molecular weight excluding hydrogens is 315 g/mol. The average molecular weight is 350 g/mol. The van der Waals surface area contributed by atoms with Crippen molar-refractivity contribution in [2.75, 3.05) is 0 Å². The smallest absolute Gasteiger partial charge is 0.155 e. The molecule has 0 N–H and O–H groups in total. The van der Waals surface area contributed by atoms with Crippen molar-refractivity contribution in [3.63, 3.8) is 0 Å². The zero-order valence-electron chi connectivity index (χ0n) is 15.6. The third kappa shape index (κ3) is 5.01. The van der Waals surface area contributed by atoms with Crippen LogP contribution in [-0.4, -0.2) is 17.0 Å². The van der Waals surface area contributed by atoms with Crippen molar-refractivity contribution in [3.8, 4) is 0 Å². The van der Waals surface area contributed by atoms with Gasteiger partial charge in [0.25, 0.3) is 0 Å². The van der Waals surface area contributed by atoms with E-state index in [0.717, 1.165) is 38.5 Å². The molecule has 0 spiro atoms. The summed E-state index contributed by atoms with van der Waals surface area (Å²) in [5.41, 5.74) is 0.776. The molecule has 6 unspecified atom stereocenters. The number of hydrogen-bond donors (Lipinski definition) is 0. The normalized spacial score (nSPS) is 32.8. The van der Waals surface area contributed by atoms with Crippen LogP contribution in [0.5, 0.6) is 0 Å². The highest BCUT2D eigenvalue weighted by Crippen LogP contribution is 2.47. The van der Waals surface area contributed by atoms with E-state index in [1.165, 1.54) is 19.3 Å². The molecule has 0 saturated heterocycles. The summed E-state index contributed by atoms with van der Waals surface area (Å²) in [6.07, 6.45) is 12.6. The first-order valence-electron chi connectivity index (χ1n) is 10.1. The first kappa shape index (κ1) is 19.8. The second kappa shape index (κ2) is 9.85. The zero-order chi connectivity index (χ0) is 17.5. The standard InChI is InChI=1S/C21H35O2P/c1-4-9-17(6-3)24-21(23)18-13-12-16-11-8-7-10-15(5-2)20(22)14-19(16)18/h6,15-19,24H,3-5,7-14H2,1-2H3. The van der Waals surface area contributed by atoms with E-state index in [0.29, 0.717) is 43.8 Å². The van der Waals surface area contributed by atoms with Gasteiger partial charge in [-0.05, 0) is 52.5 Å².